The molecule has 0 radical (unpaired) electrons. The molecule has 2 rings (SSSR count). The Bertz CT molecular complexity index is 464. The van der Waals surface area contributed by atoms with E-state index in [9.17, 15) is 4.79 Å². The lowest BCUT2D eigenvalue weighted by Crippen LogP contribution is -2.23. The normalized spacial score (nSPS) is 14.8. The molecule has 0 bridgehead atoms. The van der Waals surface area contributed by atoms with Gasteiger partial charge in [-0.05, 0) is 34.8 Å². The van der Waals surface area contributed by atoms with Crippen LogP contribution < -0.4 is 5.32 Å². The predicted octanol–water partition coefficient (Wildman–Crippen LogP) is 3.43. The van der Waals surface area contributed by atoms with Crippen molar-refractivity contribution in [3.63, 3.8) is 0 Å². The number of anilines is 1. The summed E-state index contributed by atoms with van der Waals surface area (Å²) in [5, 5.41) is 20.2. The van der Waals surface area contributed by atoms with E-state index in [0.717, 1.165) is 12.8 Å². The highest BCUT2D eigenvalue weighted by Gasteiger charge is 2.17. The number of halogens is 1. The zero-order valence-corrected chi connectivity index (χ0v) is 12.3. The second kappa shape index (κ2) is 8.47. The summed E-state index contributed by atoms with van der Waals surface area (Å²) in [5.41, 5.74) is 0.248. The molecule has 0 aromatic carbocycles. The number of nitrogens with zero attached hydrogens (tertiary/aromatic N) is 2. The molecule has 20 heavy (non-hydrogen) atoms. The molecule has 0 spiro atoms. The van der Waals surface area contributed by atoms with Gasteiger partial charge in [-0.25, -0.2) is 9.78 Å². The van der Waals surface area contributed by atoms with Gasteiger partial charge in [0.2, 0.25) is 0 Å². The number of aromatic carboxylic acids is 1. The molecule has 1 aromatic rings. The summed E-state index contributed by atoms with van der Waals surface area (Å²) in [5.74, 6) is -0.303. The number of hydrogen-bond donors (Lipinski definition) is 3. The zero-order chi connectivity index (χ0) is 15.0. The molecule has 8 heteroatoms. The van der Waals surface area contributed by atoms with E-state index in [-0.39, 0.29) is 5.56 Å². The molecule has 7 nitrogen and oxygen atoms in total. The molecule has 3 N–H and O–H groups in total. The fourth-order valence-electron chi connectivity index (χ4n) is 2.15. The Morgan fingerprint density at radius 2 is 2.00 bits per heavy atom. The van der Waals surface area contributed by atoms with Gasteiger partial charge in [-0.15, -0.1) is 4.91 Å². The fourth-order valence-corrected chi connectivity index (χ4v) is 2.67. The van der Waals surface area contributed by atoms with Crippen molar-refractivity contribution < 1.29 is 15.1 Å². The van der Waals surface area contributed by atoms with Crippen molar-refractivity contribution in [3.8, 4) is 0 Å². The summed E-state index contributed by atoms with van der Waals surface area (Å²) in [6, 6.07) is 1.91. The minimum absolute atomic E-state index is 0.248. The molecule has 1 aliphatic carbocycles. The van der Waals surface area contributed by atoms with Crippen LogP contribution in [0.4, 0.5) is 5.82 Å². The monoisotopic (exact) mass is 345 g/mol. The van der Waals surface area contributed by atoms with Crippen molar-refractivity contribution in [2.75, 3.05) is 5.32 Å². The second-order valence-electron chi connectivity index (χ2n) is 4.39. The van der Waals surface area contributed by atoms with E-state index < -0.39 is 5.97 Å². The quantitative estimate of drug-likeness (QED) is 0.571. The standard InChI is InChI=1S/C12H15BrN2O2.HNO2/c13-10-9(12(16)17)6-7-14-11(10)15-8-4-2-1-3-5-8;2-1-3/h6-8H,1-5H2,(H,14,15)(H,16,17);(H,2,3). The molecule has 0 amide bonds. The van der Waals surface area contributed by atoms with Gasteiger partial charge in [0, 0.05) is 12.2 Å². The number of rotatable bonds is 3. The Morgan fingerprint density at radius 3 is 2.55 bits per heavy atom. The maximum Gasteiger partial charge on any atom is 0.337 e. The molecule has 0 aliphatic heterocycles. The molecule has 1 saturated carbocycles. The Kier molecular flexibility index (Phi) is 6.92. The summed E-state index contributed by atoms with van der Waals surface area (Å²) >= 11 is 3.30. The fraction of sp³-hybridized carbons (Fsp3) is 0.500. The molecule has 0 unspecified atom stereocenters. The first-order chi connectivity index (χ1) is 9.60. The van der Waals surface area contributed by atoms with Crippen LogP contribution in [0.5, 0.6) is 0 Å². The van der Waals surface area contributed by atoms with Crippen LogP contribution in [0.25, 0.3) is 0 Å². The van der Waals surface area contributed by atoms with Gasteiger partial charge in [0.05, 0.1) is 10.0 Å². The van der Waals surface area contributed by atoms with Crippen LogP contribution in [0.2, 0.25) is 0 Å². The molecule has 1 heterocycles. The predicted molar refractivity (Wildman–Crippen MR) is 77.0 cm³/mol. The molecule has 110 valence electrons. The highest BCUT2D eigenvalue weighted by Crippen LogP contribution is 2.27. The molecule has 0 saturated heterocycles. The lowest BCUT2D eigenvalue weighted by Gasteiger charge is -2.23. The van der Waals surface area contributed by atoms with Gasteiger partial charge in [0.15, 0.2) is 5.34 Å². The highest BCUT2D eigenvalue weighted by atomic mass is 79.9. The smallest absolute Gasteiger partial charge is 0.337 e. The lowest BCUT2D eigenvalue weighted by atomic mass is 9.95. The van der Waals surface area contributed by atoms with Crippen molar-refractivity contribution in [1.29, 1.82) is 0 Å². The highest BCUT2D eigenvalue weighted by molar-refractivity contribution is 9.10. The number of aromatic nitrogens is 1. The van der Waals surface area contributed by atoms with E-state index in [2.05, 4.69) is 26.2 Å². The Hall–Kier alpha value is -1.70. The topological polar surface area (TPSA) is 112 Å². The zero-order valence-electron chi connectivity index (χ0n) is 10.8. The van der Waals surface area contributed by atoms with Gasteiger partial charge in [0.1, 0.15) is 5.82 Å². The maximum atomic E-state index is 11.0. The minimum atomic E-state index is -0.939. The number of nitrogens with one attached hydrogen (secondary N) is 1. The number of hydrogen-bond acceptors (Lipinski definition) is 5. The minimum Gasteiger partial charge on any atom is -0.478 e. The van der Waals surface area contributed by atoms with Gasteiger partial charge in [-0.1, -0.05) is 19.3 Å². The summed E-state index contributed by atoms with van der Waals surface area (Å²) in [4.78, 5) is 23.3. The second-order valence-corrected chi connectivity index (χ2v) is 5.18. The summed E-state index contributed by atoms with van der Waals surface area (Å²) in [6.45, 7) is 0. The van der Waals surface area contributed by atoms with Crippen molar-refractivity contribution in [1.82, 2.24) is 4.98 Å². The van der Waals surface area contributed by atoms with Crippen LogP contribution in [0, 0.1) is 4.91 Å². The van der Waals surface area contributed by atoms with Crippen molar-refractivity contribution in [2.45, 2.75) is 38.1 Å². The molecular formula is C12H16BrN3O4. The van der Waals surface area contributed by atoms with Gasteiger partial charge in [-0.2, -0.15) is 0 Å². The largest absolute Gasteiger partial charge is 0.478 e. The summed E-state index contributed by atoms with van der Waals surface area (Å²) in [7, 11) is 0. The first-order valence-corrected chi connectivity index (χ1v) is 7.00. The van der Waals surface area contributed by atoms with Crippen LogP contribution in [-0.2, 0) is 0 Å². The van der Waals surface area contributed by atoms with Gasteiger partial charge in [0.25, 0.3) is 0 Å². The van der Waals surface area contributed by atoms with Crippen molar-refractivity contribution in [2.24, 2.45) is 5.34 Å². The van der Waals surface area contributed by atoms with Gasteiger partial charge in [-0.3, -0.25) is 0 Å². The van der Waals surface area contributed by atoms with E-state index in [1.807, 2.05) is 0 Å². The number of carboxylic acids is 1. The average molecular weight is 346 g/mol. The Balaban J connectivity index is 0.000000612. The maximum absolute atomic E-state index is 11.0. The Morgan fingerprint density at radius 1 is 1.40 bits per heavy atom. The van der Waals surface area contributed by atoms with Crippen molar-refractivity contribution >= 4 is 27.7 Å². The molecule has 1 fully saturated rings. The van der Waals surface area contributed by atoms with Crippen LogP contribution in [0.15, 0.2) is 22.1 Å². The van der Waals surface area contributed by atoms with Crippen molar-refractivity contribution in [3.05, 3.63) is 27.2 Å². The van der Waals surface area contributed by atoms with Crippen LogP contribution >= 0.6 is 15.9 Å². The first kappa shape index (κ1) is 16.4. The first-order valence-electron chi connectivity index (χ1n) is 6.21. The van der Waals surface area contributed by atoms with Crippen LogP contribution in [0.1, 0.15) is 42.5 Å². The van der Waals surface area contributed by atoms with Gasteiger partial charge >= 0.3 is 5.97 Å². The Labute approximate surface area is 124 Å². The number of pyridine rings is 1. The van der Waals surface area contributed by atoms with E-state index in [1.165, 1.54) is 36.9 Å². The van der Waals surface area contributed by atoms with E-state index >= 15 is 0 Å². The number of carbonyl (C=O) groups is 1. The lowest BCUT2D eigenvalue weighted by molar-refractivity contribution is 0.0696. The van der Waals surface area contributed by atoms with Crippen LogP contribution in [0.3, 0.4) is 0 Å². The molecular weight excluding hydrogens is 330 g/mol. The third-order valence-electron chi connectivity index (χ3n) is 3.07. The SMILES string of the molecule is O=C(O)c1ccnc(NC2CCCCC2)c1Br.O=NO. The van der Waals surface area contributed by atoms with Crippen LogP contribution in [-0.4, -0.2) is 27.3 Å². The third kappa shape index (κ3) is 4.76. The average Bonchev–Trinajstić information content (AvgIpc) is 2.43. The van der Waals surface area contributed by atoms with E-state index in [4.69, 9.17) is 15.2 Å². The molecule has 1 aliphatic rings. The summed E-state index contributed by atoms with van der Waals surface area (Å²) < 4.78 is 0.540. The van der Waals surface area contributed by atoms with Gasteiger partial charge < -0.3 is 15.6 Å². The van der Waals surface area contributed by atoms with E-state index in [0.29, 0.717) is 16.3 Å². The van der Waals surface area contributed by atoms with E-state index in [1.54, 1.807) is 0 Å². The molecule has 1 aromatic heterocycles. The third-order valence-corrected chi connectivity index (χ3v) is 3.87. The summed E-state index contributed by atoms with van der Waals surface area (Å²) in [6.07, 6.45) is 7.54. The number of carboxylic acid groups (broad SMARTS) is 1. The molecule has 0 atom stereocenters.